The van der Waals surface area contributed by atoms with Crippen LogP contribution in [0.4, 0.5) is 0 Å². The van der Waals surface area contributed by atoms with E-state index in [0.29, 0.717) is 11.6 Å². The molecule has 0 aromatic rings. The first kappa shape index (κ1) is 7.78. The molecule has 0 saturated heterocycles. The molecule has 0 aromatic carbocycles. The maximum absolute atomic E-state index is 8.58. The highest BCUT2D eigenvalue weighted by Gasteiger charge is 2.25. The van der Waals surface area contributed by atoms with Gasteiger partial charge in [0.2, 0.25) is 0 Å². The summed E-state index contributed by atoms with van der Waals surface area (Å²) in [5.74, 6) is 0. The third-order valence-corrected chi connectivity index (χ3v) is 1.57. The smallest absolute Gasteiger partial charge is 0.151 e. The van der Waals surface area contributed by atoms with Gasteiger partial charge in [-0.2, -0.15) is 0 Å². The number of rotatable bonds is 2. The molecule has 1 rings (SSSR count). The highest BCUT2D eigenvalue weighted by molar-refractivity contribution is 6.65. The van der Waals surface area contributed by atoms with Crippen molar-refractivity contribution >= 4 is 16.8 Å². The maximum Gasteiger partial charge on any atom is 0.151 e. The zero-order chi connectivity index (χ0) is 7.56. The van der Waals surface area contributed by atoms with Gasteiger partial charge in [0.05, 0.1) is 12.6 Å². The second-order valence-corrected chi connectivity index (χ2v) is 2.60. The predicted octanol–water partition coefficient (Wildman–Crippen LogP) is -0.353. The molecule has 0 bridgehead atoms. The second-order valence-electron chi connectivity index (χ2n) is 2.16. The molecule has 0 radical (unpaired) electrons. The van der Waals surface area contributed by atoms with Crippen LogP contribution in [0.25, 0.3) is 0 Å². The average molecular weight is 165 g/mol. The molecule has 2 unspecified atom stereocenters. The van der Waals surface area contributed by atoms with Crippen molar-refractivity contribution in [1.29, 1.82) is 0 Å². The average Bonchev–Trinajstić information content (AvgIpc) is 2.34. The van der Waals surface area contributed by atoms with Crippen LogP contribution in [0.2, 0.25) is 0 Å². The molecule has 1 aliphatic heterocycles. The number of aliphatic hydroxyl groups is 1. The van der Waals surface area contributed by atoms with Crippen molar-refractivity contribution in [2.45, 2.75) is 18.6 Å². The first-order chi connectivity index (χ1) is 4.74. The van der Waals surface area contributed by atoms with Crippen LogP contribution >= 0.6 is 11.6 Å². The largest absolute Gasteiger partial charge is 0.395 e. The quantitative estimate of drug-likeness (QED) is 0.586. The van der Waals surface area contributed by atoms with Gasteiger partial charge >= 0.3 is 0 Å². The van der Waals surface area contributed by atoms with Gasteiger partial charge in [-0.25, -0.2) is 0 Å². The number of nitrogens with two attached hydrogens (primary N) is 1. The van der Waals surface area contributed by atoms with Crippen molar-refractivity contribution in [2.75, 3.05) is 6.61 Å². The molecule has 0 aliphatic carbocycles. The standard InChI is InChI=1S/C5H9ClN2O2/c6-5-1-4(10-8-5)3(7)2-9/h3-4,9H,1-2,7H2. The molecular weight excluding hydrogens is 156 g/mol. The number of aliphatic hydroxyl groups excluding tert-OH is 1. The molecule has 0 fully saturated rings. The van der Waals surface area contributed by atoms with Gasteiger partial charge in [-0.1, -0.05) is 16.8 Å². The summed E-state index contributed by atoms with van der Waals surface area (Å²) in [7, 11) is 0. The van der Waals surface area contributed by atoms with Crippen LogP contribution < -0.4 is 5.73 Å². The SMILES string of the molecule is NC(CO)C1CC(Cl)=NO1. The number of halogens is 1. The molecular formula is C5H9ClN2O2. The van der Waals surface area contributed by atoms with Gasteiger partial charge < -0.3 is 15.7 Å². The minimum atomic E-state index is -0.389. The third kappa shape index (κ3) is 1.59. The summed E-state index contributed by atoms with van der Waals surface area (Å²) in [6, 6.07) is -0.389. The van der Waals surface area contributed by atoms with Gasteiger partial charge in [0.1, 0.15) is 5.17 Å². The normalized spacial score (nSPS) is 27.5. The Bertz CT molecular complexity index is 151. The summed E-state index contributed by atoms with van der Waals surface area (Å²) in [4.78, 5) is 4.79. The van der Waals surface area contributed by atoms with Crippen LogP contribution in [0.3, 0.4) is 0 Å². The molecule has 1 aliphatic rings. The van der Waals surface area contributed by atoms with Crippen molar-refractivity contribution in [3.63, 3.8) is 0 Å². The van der Waals surface area contributed by atoms with E-state index < -0.39 is 0 Å². The highest BCUT2D eigenvalue weighted by atomic mass is 35.5. The number of nitrogens with zero attached hydrogens (tertiary/aromatic N) is 1. The lowest BCUT2D eigenvalue weighted by molar-refractivity contribution is 0.0484. The molecule has 1 heterocycles. The summed E-state index contributed by atoms with van der Waals surface area (Å²) < 4.78 is 0. The Morgan fingerprint density at radius 2 is 2.70 bits per heavy atom. The number of hydrogen-bond donors (Lipinski definition) is 2. The van der Waals surface area contributed by atoms with E-state index in [-0.39, 0.29) is 18.8 Å². The maximum atomic E-state index is 8.58. The Hall–Kier alpha value is -0.320. The molecule has 3 N–H and O–H groups in total. The summed E-state index contributed by atoms with van der Waals surface area (Å²) in [6.45, 7) is -0.107. The third-order valence-electron chi connectivity index (χ3n) is 1.35. The lowest BCUT2D eigenvalue weighted by atomic mass is 10.1. The second kappa shape index (κ2) is 3.18. The highest BCUT2D eigenvalue weighted by Crippen LogP contribution is 2.14. The van der Waals surface area contributed by atoms with Crippen molar-refractivity contribution in [1.82, 2.24) is 0 Å². The molecule has 10 heavy (non-hydrogen) atoms. The fourth-order valence-electron chi connectivity index (χ4n) is 0.713. The minimum Gasteiger partial charge on any atom is -0.395 e. The van der Waals surface area contributed by atoms with Crippen molar-refractivity contribution in [2.24, 2.45) is 10.9 Å². The summed E-state index contributed by atoms with van der Waals surface area (Å²) in [5, 5.41) is 12.5. The summed E-state index contributed by atoms with van der Waals surface area (Å²) in [6.07, 6.45) is 0.251. The predicted molar refractivity (Wildman–Crippen MR) is 37.8 cm³/mol. The van der Waals surface area contributed by atoms with Crippen LogP contribution in [-0.2, 0) is 4.84 Å². The van der Waals surface area contributed by atoms with Gasteiger partial charge in [-0.05, 0) is 0 Å². The topological polar surface area (TPSA) is 67.8 Å². The minimum absolute atomic E-state index is 0.107. The van der Waals surface area contributed by atoms with Crippen molar-refractivity contribution < 1.29 is 9.94 Å². The molecule has 58 valence electrons. The van der Waals surface area contributed by atoms with Crippen LogP contribution in [0.5, 0.6) is 0 Å². The van der Waals surface area contributed by atoms with Gasteiger partial charge in [0.25, 0.3) is 0 Å². The van der Waals surface area contributed by atoms with Crippen LogP contribution in [0.1, 0.15) is 6.42 Å². The van der Waals surface area contributed by atoms with Crippen LogP contribution in [0, 0.1) is 0 Å². The van der Waals surface area contributed by atoms with Gasteiger partial charge in [-0.15, -0.1) is 0 Å². The number of hydrogen-bond acceptors (Lipinski definition) is 4. The Balaban J connectivity index is 2.34. The molecule has 0 spiro atoms. The van der Waals surface area contributed by atoms with Crippen LogP contribution in [0.15, 0.2) is 5.16 Å². The fraction of sp³-hybridized carbons (Fsp3) is 0.800. The van der Waals surface area contributed by atoms with E-state index in [0.717, 1.165) is 0 Å². The Kier molecular flexibility index (Phi) is 2.48. The first-order valence-corrected chi connectivity index (χ1v) is 3.36. The zero-order valence-corrected chi connectivity index (χ0v) is 6.08. The van der Waals surface area contributed by atoms with Crippen LogP contribution in [-0.4, -0.2) is 29.0 Å². The van der Waals surface area contributed by atoms with Crippen molar-refractivity contribution in [3.8, 4) is 0 Å². The molecule has 0 amide bonds. The van der Waals surface area contributed by atoms with E-state index in [1.807, 2.05) is 0 Å². The molecule has 5 heteroatoms. The van der Waals surface area contributed by atoms with E-state index in [9.17, 15) is 0 Å². The number of oxime groups is 1. The Morgan fingerprint density at radius 1 is 2.00 bits per heavy atom. The van der Waals surface area contributed by atoms with Gasteiger partial charge in [-0.3, -0.25) is 0 Å². The summed E-state index contributed by atoms with van der Waals surface area (Å²) >= 11 is 5.50. The molecule has 2 atom stereocenters. The van der Waals surface area contributed by atoms with E-state index in [1.54, 1.807) is 0 Å². The Labute approximate surface area is 63.6 Å². The zero-order valence-electron chi connectivity index (χ0n) is 5.33. The molecule has 0 aromatic heterocycles. The summed E-state index contributed by atoms with van der Waals surface area (Å²) in [5.41, 5.74) is 5.43. The van der Waals surface area contributed by atoms with Gasteiger partial charge in [0, 0.05) is 6.42 Å². The molecule has 0 saturated carbocycles. The van der Waals surface area contributed by atoms with E-state index in [2.05, 4.69) is 5.16 Å². The van der Waals surface area contributed by atoms with E-state index in [4.69, 9.17) is 27.3 Å². The lowest BCUT2D eigenvalue weighted by Crippen LogP contribution is -2.37. The van der Waals surface area contributed by atoms with Gasteiger partial charge in [0.15, 0.2) is 6.10 Å². The lowest BCUT2D eigenvalue weighted by Gasteiger charge is -2.13. The monoisotopic (exact) mass is 164 g/mol. The first-order valence-electron chi connectivity index (χ1n) is 2.98. The van der Waals surface area contributed by atoms with Crippen molar-refractivity contribution in [3.05, 3.63) is 0 Å². The molecule has 4 nitrogen and oxygen atoms in total. The Morgan fingerprint density at radius 3 is 3.10 bits per heavy atom. The fourth-order valence-corrected chi connectivity index (χ4v) is 0.904. The van der Waals surface area contributed by atoms with E-state index >= 15 is 0 Å². The van der Waals surface area contributed by atoms with E-state index in [1.165, 1.54) is 0 Å².